The molecule has 0 aromatic rings. The molecule has 1 spiro atoms. The normalized spacial score (nSPS) is 23.1. The summed E-state index contributed by atoms with van der Waals surface area (Å²) in [6.07, 6.45) is 4.77. The van der Waals surface area contributed by atoms with Crippen molar-refractivity contribution < 1.29 is 14.3 Å². The second kappa shape index (κ2) is 5.72. The van der Waals surface area contributed by atoms with Crippen molar-refractivity contribution in [3.63, 3.8) is 0 Å². The van der Waals surface area contributed by atoms with E-state index >= 15 is 0 Å². The molecule has 1 heterocycles. The average molecular weight is 282 g/mol. The van der Waals surface area contributed by atoms with Gasteiger partial charge in [-0.15, -0.1) is 0 Å². The second-order valence-electron chi connectivity index (χ2n) is 6.59. The molecule has 2 rings (SSSR count). The first-order valence-electron chi connectivity index (χ1n) is 7.54. The second-order valence-corrected chi connectivity index (χ2v) is 6.59. The van der Waals surface area contributed by atoms with E-state index in [4.69, 9.17) is 4.74 Å². The van der Waals surface area contributed by atoms with Gasteiger partial charge in [0.2, 0.25) is 11.8 Å². The maximum absolute atomic E-state index is 12.8. The Morgan fingerprint density at radius 3 is 2.55 bits per heavy atom. The van der Waals surface area contributed by atoms with Gasteiger partial charge in [-0.25, -0.2) is 0 Å². The maximum Gasteiger partial charge on any atom is 0.248 e. The molecule has 0 aromatic heterocycles. The lowest BCUT2D eigenvalue weighted by molar-refractivity contribution is -0.139. The average Bonchev–Trinajstić information content (AvgIpc) is 2.83. The van der Waals surface area contributed by atoms with Crippen molar-refractivity contribution in [2.45, 2.75) is 63.5 Å². The number of carbonyl (C=O) groups excluding carboxylic acids is 2. The number of methoxy groups -OCH3 is 1. The van der Waals surface area contributed by atoms with Gasteiger partial charge in [0.25, 0.3) is 0 Å². The highest BCUT2D eigenvalue weighted by molar-refractivity contribution is 5.93. The molecule has 1 saturated heterocycles. The van der Waals surface area contributed by atoms with Gasteiger partial charge in [0.1, 0.15) is 5.54 Å². The standard InChI is InChI=1S/C15H26N2O3/c1-14(2,20-3)9-11-17-10-6-12(18)16-15(13(17)19)7-4-5-8-15/h4-11H2,1-3H3,(H,16,18). The van der Waals surface area contributed by atoms with Crippen molar-refractivity contribution in [1.82, 2.24) is 10.2 Å². The molecule has 20 heavy (non-hydrogen) atoms. The maximum atomic E-state index is 12.8. The van der Waals surface area contributed by atoms with Gasteiger partial charge < -0.3 is 15.0 Å². The van der Waals surface area contributed by atoms with Gasteiger partial charge in [-0.3, -0.25) is 9.59 Å². The Labute approximate surface area is 121 Å². The van der Waals surface area contributed by atoms with Gasteiger partial charge >= 0.3 is 0 Å². The summed E-state index contributed by atoms with van der Waals surface area (Å²) in [6.45, 7) is 5.21. The number of hydrogen-bond donors (Lipinski definition) is 1. The van der Waals surface area contributed by atoms with Crippen molar-refractivity contribution in [3.8, 4) is 0 Å². The van der Waals surface area contributed by atoms with E-state index in [1.54, 1.807) is 7.11 Å². The fourth-order valence-electron chi connectivity index (χ4n) is 3.06. The Hall–Kier alpha value is -1.10. The van der Waals surface area contributed by atoms with Crippen LogP contribution in [-0.4, -0.2) is 48.1 Å². The van der Waals surface area contributed by atoms with Crippen molar-refractivity contribution in [3.05, 3.63) is 0 Å². The molecule has 0 bridgehead atoms. The first kappa shape index (κ1) is 15.3. The largest absolute Gasteiger partial charge is 0.379 e. The molecule has 1 aliphatic carbocycles. The third kappa shape index (κ3) is 3.14. The van der Waals surface area contributed by atoms with Crippen LogP contribution >= 0.6 is 0 Å². The minimum atomic E-state index is -0.620. The van der Waals surface area contributed by atoms with Crippen LogP contribution in [-0.2, 0) is 14.3 Å². The third-order valence-electron chi connectivity index (χ3n) is 4.68. The first-order chi connectivity index (χ1) is 9.38. The quantitative estimate of drug-likeness (QED) is 0.849. The van der Waals surface area contributed by atoms with Crippen LogP contribution in [0.25, 0.3) is 0 Å². The van der Waals surface area contributed by atoms with Gasteiger partial charge in [-0.1, -0.05) is 12.8 Å². The van der Waals surface area contributed by atoms with Gasteiger partial charge in [0.05, 0.1) is 5.60 Å². The van der Waals surface area contributed by atoms with Crippen LogP contribution in [0.5, 0.6) is 0 Å². The molecule has 0 unspecified atom stereocenters. The summed E-state index contributed by atoms with van der Waals surface area (Å²) in [5.74, 6) is 0.113. The first-order valence-corrected chi connectivity index (χ1v) is 7.54. The lowest BCUT2D eigenvalue weighted by Crippen LogP contribution is -2.55. The fourth-order valence-corrected chi connectivity index (χ4v) is 3.06. The highest BCUT2D eigenvalue weighted by Crippen LogP contribution is 2.33. The van der Waals surface area contributed by atoms with E-state index < -0.39 is 5.54 Å². The molecule has 1 aliphatic heterocycles. The summed E-state index contributed by atoms with van der Waals surface area (Å²) in [4.78, 5) is 26.5. The molecule has 114 valence electrons. The SMILES string of the molecule is COC(C)(C)CCN1CCC(=O)NC2(CCCC2)C1=O. The van der Waals surface area contributed by atoms with E-state index in [0.29, 0.717) is 19.5 Å². The zero-order valence-corrected chi connectivity index (χ0v) is 12.8. The number of ether oxygens (including phenoxy) is 1. The third-order valence-corrected chi connectivity index (χ3v) is 4.68. The molecular formula is C15H26N2O3. The van der Waals surface area contributed by atoms with Gasteiger partial charge in [0, 0.05) is 26.6 Å². The lowest BCUT2D eigenvalue weighted by Gasteiger charge is -2.33. The molecular weight excluding hydrogens is 256 g/mol. The minimum absolute atomic E-state index is 0.00810. The predicted octanol–water partition coefficient (Wildman–Crippen LogP) is 1.46. The van der Waals surface area contributed by atoms with Crippen molar-refractivity contribution in [1.29, 1.82) is 0 Å². The molecule has 1 saturated carbocycles. The molecule has 2 amide bonds. The molecule has 1 N–H and O–H groups in total. The van der Waals surface area contributed by atoms with E-state index in [0.717, 1.165) is 32.1 Å². The summed E-state index contributed by atoms with van der Waals surface area (Å²) in [6, 6.07) is 0. The highest BCUT2D eigenvalue weighted by Gasteiger charge is 2.46. The van der Waals surface area contributed by atoms with Gasteiger partial charge in [-0.2, -0.15) is 0 Å². The van der Waals surface area contributed by atoms with Crippen LogP contribution in [0.4, 0.5) is 0 Å². The summed E-state index contributed by atoms with van der Waals surface area (Å²) < 4.78 is 5.41. The van der Waals surface area contributed by atoms with E-state index in [-0.39, 0.29) is 17.4 Å². The van der Waals surface area contributed by atoms with Crippen LogP contribution in [0.15, 0.2) is 0 Å². The van der Waals surface area contributed by atoms with Crippen LogP contribution in [0, 0.1) is 0 Å². The lowest BCUT2D eigenvalue weighted by atomic mass is 9.95. The molecule has 5 heteroatoms. The molecule has 0 aromatic carbocycles. The zero-order valence-electron chi connectivity index (χ0n) is 12.8. The number of amides is 2. The Bertz CT molecular complexity index is 387. The molecule has 0 radical (unpaired) electrons. The monoisotopic (exact) mass is 282 g/mol. The van der Waals surface area contributed by atoms with E-state index in [1.165, 1.54) is 0 Å². The Morgan fingerprint density at radius 1 is 1.30 bits per heavy atom. The van der Waals surface area contributed by atoms with Crippen molar-refractivity contribution in [2.24, 2.45) is 0 Å². The fraction of sp³-hybridized carbons (Fsp3) is 0.867. The zero-order chi connectivity index (χ0) is 14.8. The number of hydrogen-bond acceptors (Lipinski definition) is 3. The van der Waals surface area contributed by atoms with E-state index in [9.17, 15) is 9.59 Å². The van der Waals surface area contributed by atoms with Crippen molar-refractivity contribution in [2.75, 3.05) is 20.2 Å². The van der Waals surface area contributed by atoms with E-state index in [1.807, 2.05) is 18.7 Å². The smallest absolute Gasteiger partial charge is 0.248 e. The van der Waals surface area contributed by atoms with Crippen LogP contribution in [0.1, 0.15) is 52.4 Å². The topological polar surface area (TPSA) is 58.6 Å². The van der Waals surface area contributed by atoms with Crippen molar-refractivity contribution >= 4 is 11.8 Å². The number of carbonyl (C=O) groups is 2. The Balaban J connectivity index is 2.08. The number of nitrogens with one attached hydrogen (secondary N) is 1. The van der Waals surface area contributed by atoms with Crippen LogP contribution < -0.4 is 5.32 Å². The summed E-state index contributed by atoms with van der Waals surface area (Å²) in [5.41, 5.74) is -0.863. The van der Waals surface area contributed by atoms with E-state index in [2.05, 4.69) is 5.32 Å². The predicted molar refractivity (Wildman–Crippen MR) is 76.2 cm³/mol. The molecule has 2 aliphatic rings. The summed E-state index contributed by atoms with van der Waals surface area (Å²) >= 11 is 0. The summed E-state index contributed by atoms with van der Waals surface area (Å²) in [5, 5.41) is 2.98. The van der Waals surface area contributed by atoms with Gasteiger partial charge in [0.15, 0.2) is 0 Å². The Kier molecular flexibility index (Phi) is 4.37. The molecule has 5 nitrogen and oxygen atoms in total. The highest BCUT2D eigenvalue weighted by atomic mass is 16.5. The molecule has 0 atom stereocenters. The van der Waals surface area contributed by atoms with Gasteiger partial charge in [-0.05, 0) is 33.1 Å². The Morgan fingerprint density at radius 2 is 1.95 bits per heavy atom. The summed E-state index contributed by atoms with van der Waals surface area (Å²) in [7, 11) is 1.69. The van der Waals surface area contributed by atoms with Crippen LogP contribution in [0.2, 0.25) is 0 Å². The molecule has 2 fully saturated rings. The van der Waals surface area contributed by atoms with Crippen LogP contribution in [0.3, 0.4) is 0 Å². The number of rotatable bonds is 4. The number of nitrogens with zero attached hydrogens (tertiary/aromatic N) is 1. The minimum Gasteiger partial charge on any atom is -0.379 e.